The van der Waals surface area contributed by atoms with Crippen molar-refractivity contribution in [3.8, 4) is 17.0 Å². The number of hydrogen-bond acceptors (Lipinski definition) is 8. The van der Waals surface area contributed by atoms with Crippen molar-refractivity contribution in [1.82, 2.24) is 29.9 Å². The molecule has 2 aromatic heterocycles. The maximum Gasteiger partial charge on any atom is 0.490 e. The number of amides is 2. The predicted molar refractivity (Wildman–Crippen MR) is 171 cm³/mol. The standard InChI is InChI=1S/C31H34FN7O3.C2HF3O2/c1-19-15-22(4-5-24(19)31(41)38-12-8-20(9-13-38)30(40)37-23-7-10-33-17-23)36-28-29-35-18-26(39(29)14-11-34-28)21-3-6-27(42-2)25(32)16-21;3-2(4,5)1(6)7/h3-6,11,14-16,18,20,23,33H,7-10,12-13,17H2,1-2H3,(H,34,36)(H,37,40);(H,6,7)/t23-;/m1./s1. The van der Waals surface area contributed by atoms with Gasteiger partial charge in [-0.3, -0.25) is 14.0 Å². The predicted octanol–water partition coefficient (Wildman–Crippen LogP) is 4.56. The minimum Gasteiger partial charge on any atom is -0.494 e. The summed E-state index contributed by atoms with van der Waals surface area (Å²) in [6.07, 6.45) is 2.32. The van der Waals surface area contributed by atoms with E-state index in [4.69, 9.17) is 14.6 Å². The van der Waals surface area contributed by atoms with Gasteiger partial charge in [-0.25, -0.2) is 19.2 Å². The summed E-state index contributed by atoms with van der Waals surface area (Å²) in [7, 11) is 1.43. The van der Waals surface area contributed by atoms with E-state index < -0.39 is 18.0 Å². The minimum absolute atomic E-state index is 0.0252. The summed E-state index contributed by atoms with van der Waals surface area (Å²) in [5, 5.41) is 16.9. The molecule has 2 aliphatic heterocycles. The largest absolute Gasteiger partial charge is 0.494 e. The van der Waals surface area contributed by atoms with Crippen LogP contribution in [0, 0.1) is 18.7 Å². The van der Waals surface area contributed by atoms with Crippen molar-refractivity contribution in [2.24, 2.45) is 5.92 Å². The number of carbonyl (C=O) groups excluding carboxylic acids is 2. The molecular formula is C33H35F4N7O5. The van der Waals surface area contributed by atoms with Crippen LogP contribution in [-0.4, -0.2) is 87.7 Å². The first-order chi connectivity index (χ1) is 23.3. The van der Waals surface area contributed by atoms with Crippen molar-refractivity contribution in [3.05, 3.63) is 71.9 Å². The molecule has 1 atom stereocenters. The quantitative estimate of drug-likeness (QED) is 0.206. The first kappa shape index (κ1) is 35.1. The van der Waals surface area contributed by atoms with Gasteiger partial charge in [0, 0.05) is 60.8 Å². The van der Waals surface area contributed by atoms with Gasteiger partial charge in [0.1, 0.15) is 0 Å². The van der Waals surface area contributed by atoms with E-state index in [9.17, 15) is 27.2 Å². The Balaban J connectivity index is 0.000000606. The number of carboxylic acids is 1. The van der Waals surface area contributed by atoms with Gasteiger partial charge in [0.15, 0.2) is 23.0 Å². The molecule has 0 unspecified atom stereocenters. The van der Waals surface area contributed by atoms with E-state index in [1.54, 1.807) is 30.7 Å². The van der Waals surface area contributed by atoms with Gasteiger partial charge in [-0.2, -0.15) is 13.2 Å². The molecule has 16 heteroatoms. The fourth-order valence-electron chi connectivity index (χ4n) is 5.78. The smallest absolute Gasteiger partial charge is 0.490 e. The molecule has 6 rings (SSSR count). The van der Waals surface area contributed by atoms with Crippen molar-refractivity contribution in [2.75, 3.05) is 38.6 Å². The Labute approximate surface area is 278 Å². The molecule has 4 heterocycles. The number of rotatable bonds is 7. The number of benzene rings is 2. The molecule has 2 aromatic carbocycles. The molecule has 2 saturated heterocycles. The number of piperidine rings is 1. The van der Waals surface area contributed by atoms with Crippen LogP contribution in [0.3, 0.4) is 0 Å². The lowest BCUT2D eigenvalue weighted by atomic mass is 9.94. The number of aliphatic carboxylic acids is 1. The number of ether oxygens (including phenoxy) is 1. The van der Waals surface area contributed by atoms with Crippen molar-refractivity contribution in [1.29, 1.82) is 0 Å². The van der Waals surface area contributed by atoms with Crippen LogP contribution in [0.5, 0.6) is 5.75 Å². The fraction of sp³-hybridized carbons (Fsp3) is 0.364. The number of aromatic nitrogens is 3. The first-order valence-corrected chi connectivity index (χ1v) is 15.5. The number of alkyl halides is 3. The SMILES string of the molecule is COc1ccc(-c2cnc3c(Nc4ccc(C(=O)N5CCC(C(=O)N[C@@H]6CCNC6)CC5)c(C)c4)nccn23)cc1F.O=C(O)C(F)(F)F. The molecule has 4 N–H and O–H groups in total. The number of carboxylic acid groups (broad SMARTS) is 1. The van der Waals surface area contributed by atoms with Crippen LogP contribution in [-0.2, 0) is 9.59 Å². The molecular weight excluding hydrogens is 650 g/mol. The van der Waals surface area contributed by atoms with Crippen LogP contribution in [0.4, 0.5) is 29.1 Å². The zero-order valence-electron chi connectivity index (χ0n) is 26.7. The van der Waals surface area contributed by atoms with E-state index in [1.807, 2.05) is 34.4 Å². The number of likely N-dealkylation sites (tertiary alicyclic amines) is 1. The van der Waals surface area contributed by atoms with E-state index in [1.165, 1.54) is 13.2 Å². The molecule has 2 amide bonds. The number of nitrogens with zero attached hydrogens (tertiary/aromatic N) is 4. The van der Waals surface area contributed by atoms with Crippen molar-refractivity contribution in [3.63, 3.8) is 0 Å². The van der Waals surface area contributed by atoms with Crippen LogP contribution >= 0.6 is 0 Å². The van der Waals surface area contributed by atoms with E-state index in [-0.39, 0.29) is 29.5 Å². The minimum atomic E-state index is -5.08. The lowest BCUT2D eigenvalue weighted by Crippen LogP contribution is -2.45. The summed E-state index contributed by atoms with van der Waals surface area (Å²) in [5.41, 5.74) is 4.19. The summed E-state index contributed by atoms with van der Waals surface area (Å²) in [6, 6.07) is 10.6. The molecule has 49 heavy (non-hydrogen) atoms. The summed E-state index contributed by atoms with van der Waals surface area (Å²) >= 11 is 0. The van der Waals surface area contributed by atoms with Crippen molar-refractivity contribution >= 4 is 34.9 Å². The van der Waals surface area contributed by atoms with Crippen molar-refractivity contribution < 1.29 is 41.8 Å². The van der Waals surface area contributed by atoms with Crippen LogP contribution in [0.1, 0.15) is 35.2 Å². The number of anilines is 2. The van der Waals surface area contributed by atoms with E-state index >= 15 is 0 Å². The molecule has 0 aliphatic carbocycles. The monoisotopic (exact) mass is 685 g/mol. The van der Waals surface area contributed by atoms with Crippen LogP contribution in [0.2, 0.25) is 0 Å². The highest BCUT2D eigenvalue weighted by atomic mass is 19.4. The summed E-state index contributed by atoms with van der Waals surface area (Å²) in [5.74, 6) is -2.47. The van der Waals surface area contributed by atoms with Gasteiger partial charge in [-0.15, -0.1) is 0 Å². The third-order valence-corrected chi connectivity index (χ3v) is 8.40. The Morgan fingerprint density at radius 3 is 2.41 bits per heavy atom. The number of halogens is 4. The lowest BCUT2D eigenvalue weighted by molar-refractivity contribution is -0.192. The van der Waals surface area contributed by atoms with Gasteiger partial charge in [0.25, 0.3) is 5.91 Å². The lowest BCUT2D eigenvalue weighted by Gasteiger charge is -2.32. The molecule has 2 aliphatic rings. The number of nitrogens with one attached hydrogen (secondary N) is 3. The number of aryl methyl sites for hydroxylation is 1. The molecule has 0 spiro atoms. The van der Waals surface area contributed by atoms with Gasteiger partial charge in [-0.05, 0) is 74.7 Å². The number of imidazole rings is 1. The highest BCUT2D eigenvalue weighted by molar-refractivity contribution is 5.96. The highest BCUT2D eigenvalue weighted by Crippen LogP contribution is 2.29. The summed E-state index contributed by atoms with van der Waals surface area (Å²) in [4.78, 5) is 45.7. The second-order valence-corrected chi connectivity index (χ2v) is 11.7. The second kappa shape index (κ2) is 14.9. The third-order valence-electron chi connectivity index (χ3n) is 8.40. The van der Waals surface area contributed by atoms with Crippen LogP contribution in [0.15, 0.2) is 55.0 Å². The van der Waals surface area contributed by atoms with Gasteiger partial charge >= 0.3 is 12.1 Å². The van der Waals surface area contributed by atoms with Gasteiger partial charge in [0.2, 0.25) is 5.91 Å². The van der Waals surface area contributed by atoms with Gasteiger partial charge in [-0.1, -0.05) is 0 Å². The second-order valence-electron chi connectivity index (χ2n) is 11.7. The third kappa shape index (κ3) is 8.25. The fourth-order valence-corrected chi connectivity index (χ4v) is 5.78. The Morgan fingerprint density at radius 1 is 1.06 bits per heavy atom. The average molecular weight is 686 g/mol. The molecule has 4 aromatic rings. The zero-order valence-corrected chi connectivity index (χ0v) is 26.7. The molecule has 12 nitrogen and oxygen atoms in total. The Morgan fingerprint density at radius 2 is 1.80 bits per heavy atom. The maximum absolute atomic E-state index is 14.3. The van der Waals surface area contributed by atoms with Gasteiger partial charge < -0.3 is 30.7 Å². The molecule has 0 saturated carbocycles. The summed E-state index contributed by atoms with van der Waals surface area (Å²) in [6.45, 7) is 4.80. The normalized spacial score (nSPS) is 16.5. The average Bonchev–Trinajstić information content (AvgIpc) is 3.75. The molecule has 0 bridgehead atoms. The van der Waals surface area contributed by atoms with Gasteiger partial charge in [0.05, 0.1) is 19.0 Å². The maximum atomic E-state index is 14.3. The number of hydrogen-bond donors (Lipinski definition) is 4. The van der Waals surface area contributed by atoms with Crippen molar-refractivity contribution in [2.45, 2.75) is 38.4 Å². The first-order valence-electron chi connectivity index (χ1n) is 15.5. The zero-order chi connectivity index (χ0) is 35.3. The Kier molecular flexibility index (Phi) is 10.7. The van der Waals surface area contributed by atoms with E-state index in [2.05, 4.69) is 25.9 Å². The molecule has 2 fully saturated rings. The Bertz CT molecular complexity index is 1830. The highest BCUT2D eigenvalue weighted by Gasteiger charge is 2.38. The number of fused-ring (bicyclic) bond motifs is 1. The number of carbonyl (C=O) groups is 3. The number of methoxy groups -OCH3 is 1. The molecule has 260 valence electrons. The van der Waals surface area contributed by atoms with Crippen LogP contribution < -0.4 is 20.7 Å². The van der Waals surface area contributed by atoms with E-state index in [0.29, 0.717) is 54.2 Å². The Hall–Kier alpha value is -5.25. The summed E-state index contributed by atoms with van der Waals surface area (Å²) < 4.78 is 53.0. The topological polar surface area (TPSA) is 150 Å². The van der Waals surface area contributed by atoms with Crippen LogP contribution in [0.25, 0.3) is 16.9 Å². The molecule has 0 radical (unpaired) electrons. The van der Waals surface area contributed by atoms with E-state index in [0.717, 1.165) is 30.8 Å².